The van der Waals surface area contributed by atoms with Crippen LogP contribution in [0.2, 0.25) is 5.02 Å². The summed E-state index contributed by atoms with van der Waals surface area (Å²) in [6.07, 6.45) is 7.88. The molecule has 3 aromatic rings. The van der Waals surface area contributed by atoms with E-state index in [1.807, 2.05) is 13.0 Å². The lowest BCUT2D eigenvalue weighted by atomic mass is 9.96. The van der Waals surface area contributed by atoms with E-state index in [2.05, 4.69) is 15.2 Å². The van der Waals surface area contributed by atoms with Gasteiger partial charge in [0.15, 0.2) is 11.6 Å². The van der Waals surface area contributed by atoms with Crippen molar-refractivity contribution in [1.82, 2.24) is 19.5 Å². The summed E-state index contributed by atoms with van der Waals surface area (Å²) in [7, 11) is 0. The predicted molar refractivity (Wildman–Crippen MR) is 119 cm³/mol. The number of nitrogens with zero attached hydrogens (tertiary/aromatic N) is 5. The molecule has 4 heterocycles. The second-order valence-corrected chi connectivity index (χ2v) is 8.78. The maximum atomic E-state index is 12.1. The Morgan fingerprint density at radius 1 is 1.13 bits per heavy atom. The first-order chi connectivity index (χ1) is 14.6. The van der Waals surface area contributed by atoms with Crippen molar-refractivity contribution >= 4 is 34.3 Å². The molecule has 1 saturated carbocycles. The standard InChI is InChI=1S/C22H25ClN6O/c1-14-20-18(6-9-24-14)26-21(25-17-3-4-17)22(27-20)28-10-7-15(8-11-28)12-29-13-16(23)2-5-19(29)30/h2,5-6,9,13,15,17H,3-4,7-8,10-12H2,1H3,(H,25,26). The number of hydrogen-bond donors (Lipinski definition) is 1. The van der Waals surface area contributed by atoms with Crippen LogP contribution in [-0.4, -0.2) is 38.7 Å². The molecule has 30 heavy (non-hydrogen) atoms. The van der Waals surface area contributed by atoms with Crippen molar-refractivity contribution in [2.24, 2.45) is 5.92 Å². The van der Waals surface area contributed by atoms with Crippen molar-refractivity contribution in [3.63, 3.8) is 0 Å². The van der Waals surface area contributed by atoms with Gasteiger partial charge in [-0.25, -0.2) is 9.97 Å². The van der Waals surface area contributed by atoms with Crippen molar-refractivity contribution in [2.75, 3.05) is 23.3 Å². The van der Waals surface area contributed by atoms with Crippen molar-refractivity contribution in [3.05, 3.63) is 51.7 Å². The average Bonchev–Trinajstić information content (AvgIpc) is 3.55. The molecular weight excluding hydrogens is 400 g/mol. The fourth-order valence-electron chi connectivity index (χ4n) is 4.09. The highest BCUT2D eigenvalue weighted by molar-refractivity contribution is 6.30. The zero-order chi connectivity index (χ0) is 20.7. The maximum Gasteiger partial charge on any atom is 0.250 e. The molecular formula is C22H25ClN6O. The van der Waals surface area contributed by atoms with E-state index in [0.29, 0.717) is 23.5 Å². The Kier molecular flexibility index (Phi) is 5.06. The summed E-state index contributed by atoms with van der Waals surface area (Å²) in [5.41, 5.74) is 2.64. The summed E-state index contributed by atoms with van der Waals surface area (Å²) in [6, 6.07) is 5.61. The molecule has 1 aliphatic heterocycles. The molecule has 2 aliphatic rings. The average molecular weight is 425 g/mol. The molecule has 0 bridgehead atoms. The van der Waals surface area contributed by atoms with Crippen LogP contribution < -0.4 is 15.8 Å². The van der Waals surface area contributed by atoms with Gasteiger partial charge in [0.05, 0.1) is 16.2 Å². The van der Waals surface area contributed by atoms with Crippen molar-refractivity contribution in [3.8, 4) is 0 Å². The summed E-state index contributed by atoms with van der Waals surface area (Å²) < 4.78 is 1.73. The second-order valence-electron chi connectivity index (χ2n) is 8.35. The SMILES string of the molecule is Cc1nccc2nc(NC3CC3)c(N3CCC(Cn4cc(Cl)ccc4=O)CC3)nc12. The minimum atomic E-state index is 0.00104. The minimum Gasteiger partial charge on any atom is -0.364 e. The normalized spacial score (nSPS) is 17.5. The molecule has 0 unspecified atom stereocenters. The van der Waals surface area contributed by atoms with Crippen LogP contribution in [-0.2, 0) is 6.54 Å². The zero-order valence-electron chi connectivity index (χ0n) is 17.0. The monoisotopic (exact) mass is 424 g/mol. The third-order valence-electron chi connectivity index (χ3n) is 5.98. The molecule has 7 nitrogen and oxygen atoms in total. The first kappa shape index (κ1) is 19.3. The van der Waals surface area contributed by atoms with Crippen LogP contribution in [0.5, 0.6) is 0 Å². The molecule has 1 aliphatic carbocycles. The van der Waals surface area contributed by atoms with Gasteiger partial charge in [-0.1, -0.05) is 11.6 Å². The Labute approximate surface area is 180 Å². The highest BCUT2D eigenvalue weighted by Crippen LogP contribution is 2.33. The Morgan fingerprint density at radius 2 is 1.93 bits per heavy atom. The minimum absolute atomic E-state index is 0.00104. The molecule has 8 heteroatoms. The van der Waals surface area contributed by atoms with E-state index in [-0.39, 0.29) is 5.56 Å². The number of fused-ring (bicyclic) bond motifs is 1. The molecule has 2 fully saturated rings. The number of aromatic nitrogens is 4. The molecule has 0 radical (unpaired) electrons. The number of pyridine rings is 2. The van der Waals surface area contributed by atoms with Crippen LogP contribution in [0.4, 0.5) is 11.6 Å². The predicted octanol–water partition coefficient (Wildman–Crippen LogP) is 3.64. The summed E-state index contributed by atoms with van der Waals surface area (Å²) in [6.45, 7) is 4.45. The Balaban J connectivity index is 1.36. The van der Waals surface area contributed by atoms with E-state index in [1.54, 1.807) is 23.0 Å². The zero-order valence-corrected chi connectivity index (χ0v) is 17.8. The third kappa shape index (κ3) is 3.99. The molecule has 0 amide bonds. The Morgan fingerprint density at radius 3 is 2.70 bits per heavy atom. The number of hydrogen-bond acceptors (Lipinski definition) is 6. The number of nitrogens with one attached hydrogen (secondary N) is 1. The number of piperidine rings is 1. The quantitative estimate of drug-likeness (QED) is 0.673. The molecule has 5 rings (SSSR count). The number of rotatable bonds is 5. The van der Waals surface area contributed by atoms with Gasteiger partial charge in [-0.05, 0) is 50.7 Å². The fraction of sp³-hybridized carbons (Fsp3) is 0.455. The first-order valence-corrected chi connectivity index (χ1v) is 11.0. The van der Waals surface area contributed by atoms with E-state index in [9.17, 15) is 4.79 Å². The van der Waals surface area contributed by atoms with Crippen LogP contribution in [0, 0.1) is 12.8 Å². The van der Waals surface area contributed by atoms with Gasteiger partial charge in [-0.3, -0.25) is 9.78 Å². The summed E-state index contributed by atoms with van der Waals surface area (Å²) >= 11 is 6.07. The third-order valence-corrected chi connectivity index (χ3v) is 6.21. The van der Waals surface area contributed by atoms with Gasteiger partial charge in [0, 0.05) is 44.1 Å². The molecule has 0 spiro atoms. The fourth-order valence-corrected chi connectivity index (χ4v) is 4.27. The largest absolute Gasteiger partial charge is 0.364 e. The van der Waals surface area contributed by atoms with Crippen LogP contribution in [0.15, 0.2) is 35.4 Å². The van der Waals surface area contributed by atoms with Gasteiger partial charge < -0.3 is 14.8 Å². The highest BCUT2D eigenvalue weighted by Gasteiger charge is 2.27. The van der Waals surface area contributed by atoms with E-state index in [0.717, 1.165) is 54.3 Å². The van der Waals surface area contributed by atoms with E-state index in [1.165, 1.54) is 18.9 Å². The lowest BCUT2D eigenvalue weighted by Crippen LogP contribution is -2.37. The smallest absolute Gasteiger partial charge is 0.250 e. The Bertz CT molecular complexity index is 1130. The van der Waals surface area contributed by atoms with Gasteiger partial charge in [0.1, 0.15) is 5.52 Å². The van der Waals surface area contributed by atoms with E-state index >= 15 is 0 Å². The van der Waals surface area contributed by atoms with Crippen molar-refractivity contribution in [2.45, 2.75) is 45.2 Å². The molecule has 1 N–H and O–H groups in total. The van der Waals surface area contributed by atoms with Crippen LogP contribution in [0.1, 0.15) is 31.4 Å². The number of aryl methyl sites for hydroxylation is 1. The van der Waals surface area contributed by atoms with Gasteiger partial charge in [0.2, 0.25) is 0 Å². The highest BCUT2D eigenvalue weighted by atomic mass is 35.5. The van der Waals surface area contributed by atoms with Crippen molar-refractivity contribution < 1.29 is 0 Å². The topological polar surface area (TPSA) is 75.9 Å². The van der Waals surface area contributed by atoms with E-state index in [4.69, 9.17) is 21.6 Å². The van der Waals surface area contributed by atoms with Gasteiger partial charge in [-0.15, -0.1) is 0 Å². The second kappa shape index (κ2) is 7.87. The maximum absolute atomic E-state index is 12.1. The van der Waals surface area contributed by atoms with Crippen LogP contribution in [0.25, 0.3) is 11.0 Å². The summed E-state index contributed by atoms with van der Waals surface area (Å²) in [5.74, 6) is 2.23. The van der Waals surface area contributed by atoms with Gasteiger partial charge in [0.25, 0.3) is 5.56 Å². The molecule has 1 saturated heterocycles. The lowest BCUT2D eigenvalue weighted by molar-refractivity contribution is 0.352. The van der Waals surface area contributed by atoms with Crippen LogP contribution >= 0.6 is 11.6 Å². The Hall–Kier alpha value is -2.67. The number of anilines is 2. The molecule has 3 aromatic heterocycles. The van der Waals surface area contributed by atoms with E-state index < -0.39 is 0 Å². The van der Waals surface area contributed by atoms with Crippen molar-refractivity contribution in [1.29, 1.82) is 0 Å². The molecule has 156 valence electrons. The van der Waals surface area contributed by atoms with Gasteiger partial charge in [-0.2, -0.15) is 0 Å². The van der Waals surface area contributed by atoms with Crippen LogP contribution in [0.3, 0.4) is 0 Å². The summed E-state index contributed by atoms with van der Waals surface area (Å²) in [5, 5.41) is 4.16. The number of halogens is 1. The summed E-state index contributed by atoms with van der Waals surface area (Å²) in [4.78, 5) is 28.7. The lowest BCUT2D eigenvalue weighted by Gasteiger charge is -2.34. The molecule has 0 atom stereocenters. The first-order valence-electron chi connectivity index (χ1n) is 10.6. The molecule has 0 aromatic carbocycles. The van der Waals surface area contributed by atoms with Gasteiger partial charge >= 0.3 is 0 Å².